The Balaban J connectivity index is 1.73. The molecule has 3 N–H and O–H groups in total. The van der Waals surface area contributed by atoms with Gasteiger partial charge in [0, 0.05) is 6.54 Å². The lowest BCUT2D eigenvalue weighted by molar-refractivity contribution is 0.0594. The average Bonchev–Trinajstić information content (AvgIpc) is 2.61. The van der Waals surface area contributed by atoms with Gasteiger partial charge < -0.3 is 20.5 Å². The monoisotopic (exact) mass is 328 g/mol. The highest BCUT2D eigenvalue weighted by Crippen LogP contribution is 2.18. The van der Waals surface area contributed by atoms with Crippen LogP contribution in [0.15, 0.2) is 54.6 Å². The van der Waals surface area contributed by atoms with Gasteiger partial charge in [0.1, 0.15) is 11.4 Å². The van der Waals surface area contributed by atoms with Crippen molar-refractivity contribution in [3.05, 3.63) is 65.7 Å². The first-order chi connectivity index (χ1) is 11.5. The van der Waals surface area contributed by atoms with Crippen LogP contribution in [0.25, 0.3) is 0 Å². The summed E-state index contributed by atoms with van der Waals surface area (Å²) in [6, 6.07) is 16.7. The number of carbonyl (C=O) groups is 1. The number of benzene rings is 2. The van der Waals surface area contributed by atoms with Gasteiger partial charge in [-0.05, 0) is 36.6 Å². The first-order valence-corrected chi connectivity index (χ1v) is 7.94. The summed E-state index contributed by atoms with van der Waals surface area (Å²) in [4.78, 5) is 11.9. The summed E-state index contributed by atoms with van der Waals surface area (Å²) in [6.45, 7) is 2.34. The van der Waals surface area contributed by atoms with E-state index in [2.05, 4.69) is 10.6 Å². The van der Waals surface area contributed by atoms with Gasteiger partial charge in [0.05, 0.1) is 13.7 Å². The standard InChI is InChI=1S/C19H24N2O3/c1-19(23,16-6-4-3-5-7-16)14-21-18(22)20-13-12-15-8-10-17(24-2)11-9-15/h3-11,23H,12-14H2,1-2H3,(H2,20,21,22)/t19-/m1/s1. The lowest BCUT2D eigenvalue weighted by Gasteiger charge is -2.24. The molecule has 5 heteroatoms. The van der Waals surface area contributed by atoms with Crippen molar-refractivity contribution < 1.29 is 14.6 Å². The van der Waals surface area contributed by atoms with Crippen LogP contribution in [0.2, 0.25) is 0 Å². The molecule has 5 nitrogen and oxygen atoms in total. The smallest absolute Gasteiger partial charge is 0.314 e. The van der Waals surface area contributed by atoms with E-state index >= 15 is 0 Å². The van der Waals surface area contributed by atoms with Crippen molar-refractivity contribution >= 4 is 6.03 Å². The van der Waals surface area contributed by atoms with Crippen LogP contribution in [0.4, 0.5) is 4.79 Å². The quantitative estimate of drug-likeness (QED) is 0.731. The zero-order chi connectivity index (χ0) is 17.4. The molecule has 0 aliphatic carbocycles. The van der Waals surface area contributed by atoms with Crippen molar-refractivity contribution in [2.24, 2.45) is 0 Å². The summed E-state index contributed by atoms with van der Waals surface area (Å²) in [5.41, 5.74) is 0.783. The molecule has 1 atom stereocenters. The molecule has 0 fully saturated rings. The largest absolute Gasteiger partial charge is 0.497 e. The third-order valence-corrected chi connectivity index (χ3v) is 3.85. The Kier molecular flexibility index (Phi) is 6.21. The van der Waals surface area contributed by atoms with Crippen molar-refractivity contribution in [3.8, 4) is 5.75 Å². The molecule has 128 valence electrons. The maximum atomic E-state index is 11.9. The number of hydrogen-bond donors (Lipinski definition) is 3. The SMILES string of the molecule is COc1ccc(CCNC(=O)NC[C@@](C)(O)c2ccccc2)cc1. The summed E-state index contributed by atoms with van der Waals surface area (Å²) in [6.07, 6.45) is 0.729. The fourth-order valence-corrected chi connectivity index (χ4v) is 2.33. The second-order valence-corrected chi connectivity index (χ2v) is 5.85. The van der Waals surface area contributed by atoms with E-state index in [0.29, 0.717) is 6.54 Å². The summed E-state index contributed by atoms with van der Waals surface area (Å²) in [5.74, 6) is 0.813. The van der Waals surface area contributed by atoms with Gasteiger partial charge in [0.15, 0.2) is 0 Å². The van der Waals surface area contributed by atoms with Gasteiger partial charge in [-0.3, -0.25) is 0 Å². The zero-order valence-corrected chi connectivity index (χ0v) is 14.1. The van der Waals surface area contributed by atoms with Crippen molar-refractivity contribution in [2.75, 3.05) is 20.2 Å². The molecule has 2 aromatic rings. The van der Waals surface area contributed by atoms with Crippen LogP contribution >= 0.6 is 0 Å². The van der Waals surface area contributed by atoms with Gasteiger partial charge >= 0.3 is 6.03 Å². The van der Waals surface area contributed by atoms with Crippen LogP contribution < -0.4 is 15.4 Å². The van der Waals surface area contributed by atoms with Crippen molar-refractivity contribution in [1.29, 1.82) is 0 Å². The van der Waals surface area contributed by atoms with Crippen LogP contribution in [0.3, 0.4) is 0 Å². The lowest BCUT2D eigenvalue weighted by Crippen LogP contribution is -2.43. The molecule has 0 spiro atoms. The van der Waals surface area contributed by atoms with Gasteiger partial charge in [-0.15, -0.1) is 0 Å². The minimum absolute atomic E-state index is 0.144. The number of amides is 2. The molecular weight excluding hydrogens is 304 g/mol. The van der Waals surface area contributed by atoms with Crippen LogP contribution in [0.1, 0.15) is 18.1 Å². The predicted octanol–water partition coefficient (Wildman–Crippen LogP) is 2.44. The lowest BCUT2D eigenvalue weighted by atomic mass is 9.96. The minimum Gasteiger partial charge on any atom is -0.497 e. The van der Waals surface area contributed by atoms with E-state index in [1.165, 1.54) is 0 Å². The van der Waals surface area contributed by atoms with E-state index in [9.17, 15) is 9.90 Å². The maximum Gasteiger partial charge on any atom is 0.314 e. The molecule has 0 bridgehead atoms. The van der Waals surface area contributed by atoms with Gasteiger partial charge in [-0.25, -0.2) is 4.79 Å². The van der Waals surface area contributed by atoms with Crippen LogP contribution in [0.5, 0.6) is 5.75 Å². The molecule has 2 aromatic carbocycles. The number of urea groups is 1. The molecule has 0 saturated heterocycles. The topological polar surface area (TPSA) is 70.6 Å². The van der Waals surface area contributed by atoms with E-state index in [4.69, 9.17) is 4.74 Å². The minimum atomic E-state index is -1.10. The second kappa shape index (κ2) is 8.36. The zero-order valence-electron chi connectivity index (χ0n) is 14.1. The molecule has 2 amide bonds. The van der Waals surface area contributed by atoms with E-state index in [1.54, 1.807) is 14.0 Å². The summed E-state index contributed by atoms with van der Waals surface area (Å²) < 4.78 is 5.11. The van der Waals surface area contributed by atoms with Gasteiger partial charge in [0.2, 0.25) is 0 Å². The molecule has 0 unspecified atom stereocenters. The number of hydrogen-bond acceptors (Lipinski definition) is 3. The molecule has 0 heterocycles. The number of ether oxygens (including phenoxy) is 1. The second-order valence-electron chi connectivity index (χ2n) is 5.85. The fourth-order valence-electron chi connectivity index (χ4n) is 2.33. The first kappa shape index (κ1) is 17.8. The Morgan fingerprint density at radius 2 is 1.75 bits per heavy atom. The maximum absolute atomic E-state index is 11.9. The molecule has 0 radical (unpaired) electrons. The Hall–Kier alpha value is -2.53. The molecule has 24 heavy (non-hydrogen) atoms. The average molecular weight is 328 g/mol. The highest BCUT2D eigenvalue weighted by Gasteiger charge is 2.23. The Bertz CT molecular complexity index is 639. The van der Waals surface area contributed by atoms with Crippen LogP contribution in [-0.2, 0) is 12.0 Å². The Morgan fingerprint density at radius 1 is 1.08 bits per heavy atom. The number of aliphatic hydroxyl groups is 1. The summed E-state index contributed by atoms with van der Waals surface area (Å²) in [5, 5.41) is 15.9. The molecular formula is C19H24N2O3. The third-order valence-electron chi connectivity index (χ3n) is 3.85. The first-order valence-electron chi connectivity index (χ1n) is 7.94. The number of nitrogens with one attached hydrogen (secondary N) is 2. The Morgan fingerprint density at radius 3 is 2.38 bits per heavy atom. The van der Waals surface area contributed by atoms with Gasteiger partial charge in [0.25, 0.3) is 0 Å². The molecule has 0 aliphatic rings. The van der Waals surface area contributed by atoms with E-state index in [1.807, 2.05) is 54.6 Å². The van der Waals surface area contributed by atoms with Crippen molar-refractivity contribution in [2.45, 2.75) is 18.9 Å². The van der Waals surface area contributed by atoms with Crippen molar-refractivity contribution in [1.82, 2.24) is 10.6 Å². The molecule has 0 aliphatic heterocycles. The summed E-state index contributed by atoms with van der Waals surface area (Å²) in [7, 11) is 1.63. The van der Waals surface area contributed by atoms with E-state index < -0.39 is 5.60 Å². The van der Waals surface area contributed by atoms with Gasteiger partial charge in [-0.1, -0.05) is 42.5 Å². The molecule has 2 rings (SSSR count). The number of rotatable bonds is 7. The Labute approximate surface area is 142 Å². The highest BCUT2D eigenvalue weighted by atomic mass is 16.5. The van der Waals surface area contributed by atoms with E-state index in [-0.39, 0.29) is 12.6 Å². The normalized spacial score (nSPS) is 13.0. The summed E-state index contributed by atoms with van der Waals surface area (Å²) >= 11 is 0. The predicted molar refractivity (Wildman–Crippen MR) is 94.1 cm³/mol. The molecule has 0 saturated carbocycles. The highest BCUT2D eigenvalue weighted by molar-refractivity contribution is 5.73. The fraction of sp³-hybridized carbons (Fsp3) is 0.316. The van der Waals surface area contributed by atoms with E-state index in [0.717, 1.165) is 23.3 Å². The van der Waals surface area contributed by atoms with Crippen LogP contribution in [-0.4, -0.2) is 31.3 Å². The van der Waals surface area contributed by atoms with Gasteiger partial charge in [-0.2, -0.15) is 0 Å². The number of carbonyl (C=O) groups excluding carboxylic acids is 1. The van der Waals surface area contributed by atoms with Crippen molar-refractivity contribution in [3.63, 3.8) is 0 Å². The third kappa shape index (κ3) is 5.28. The molecule has 0 aromatic heterocycles. The number of methoxy groups -OCH3 is 1. The van der Waals surface area contributed by atoms with Crippen LogP contribution in [0, 0.1) is 0 Å².